The van der Waals surface area contributed by atoms with Crippen molar-refractivity contribution in [2.24, 2.45) is 5.64 Å². The van der Waals surface area contributed by atoms with Crippen LogP contribution in [0.15, 0.2) is 24.3 Å². The van der Waals surface area contributed by atoms with Gasteiger partial charge in [0, 0.05) is 53.8 Å². The molecule has 1 rings (SSSR count). The average molecular weight is 1950 g/mol. The van der Waals surface area contributed by atoms with Crippen molar-refractivity contribution in [1.29, 1.82) is 0 Å². The molecule has 5 amide bonds. The van der Waals surface area contributed by atoms with Crippen molar-refractivity contribution < 1.29 is 88.5 Å². The van der Waals surface area contributed by atoms with Crippen molar-refractivity contribution in [3.05, 3.63) is 24.3 Å². The van der Waals surface area contributed by atoms with Crippen LogP contribution < -0.4 is 42.7 Å². The topological polar surface area (TPSA) is 448 Å². The van der Waals surface area contributed by atoms with Gasteiger partial charge in [-0.1, -0.05) is 63.7 Å². The summed E-state index contributed by atoms with van der Waals surface area (Å²) in [6, 6.07) is -1.51. The minimum Gasteiger partial charge on any atom is -0.481 e. The maximum absolute atomic E-state index is 11.2. The molecule has 0 aliphatic heterocycles. The number of carboxylic acids is 5. The van der Waals surface area contributed by atoms with E-state index in [0.29, 0.717) is 0 Å². The Morgan fingerprint density at radius 3 is 1.29 bits per heavy atom. The van der Waals surface area contributed by atoms with Crippen LogP contribution in [0.1, 0.15) is 39.5 Å². The lowest BCUT2D eigenvalue weighted by Gasteiger charge is -2.15. The van der Waals surface area contributed by atoms with Gasteiger partial charge < -0.3 is 73.7 Å². The van der Waals surface area contributed by atoms with E-state index in [0.717, 1.165) is 24.4 Å². The molecule has 0 spiro atoms. The summed E-state index contributed by atoms with van der Waals surface area (Å²) in [4.78, 5) is 126. The van der Waals surface area contributed by atoms with E-state index in [1.807, 2.05) is 51.0 Å². The molecular weight excluding hydrogens is 1880 g/mol. The molecule has 26 nitrogen and oxygen atoms in total. The summed E-state index contributed by atoms with van der Waals surface area (Å²) in [5.74, 6) is -6.71. The van der Waals surface area contributed by atoms with E-state index in [2.05, 4.69) is 175 Å². The zero-order valence-electron chi connectivity index (χ0n) is 41.2. The number of ketones is 2. The summed E-state index contributed by atoms with van der Waals surface area (Å²) < 4.78 is 0.144. The second-order valence-corrected chi connectivity index (χ2v) is 36.6. The van der Waals surface area contributed by atoms with Crippen LogP contribution in [0.4, 0.5) is 0 Å². The van der Waals surface area contributed by atoms with Crippen molar-refractivity contribution in [2.75, 3.05) is 35.2 Å². The predicted molar refractivity (Wildman–Crippen MR) is 394 cm³/mol. The van der Waals surface area contributed by atoms with Crippen molar-refractivity contribution in [3.8, 4) is 0 Å². The van der Waals surface area contributed by atoms with E-state index in [1.165, 1.54) is 70.6 Å². The van der Waals surface area contributed by atoms with E-state index >= 15 is 0 Å². The van der Waals surface area contributed by atoms with Gasteiger partial charge in [-0.25, -0.2) is 17.3 Å². The number of amides is 5. The zero-order chi connectivity index (χ0) is 61.1. The highest BCUT2D eigenvalue weighted by molar-refractivity contribution is 14.2. The molecule has 0 bridgehead atoms. The molecule has 47 heteroatoms. The lowest BCUT2D eigenvalue weighted by molar-refractivity contribution is -0.141. The Bertz CT molecular complexity index is 1740. The van der Waals surface area contributed by atoms with Crippen molar-refractivity contribution in [1.82, 2.24) is 37.0 Å². The average Bonchev–Trinajstić information content (AvgIpc) is 3.73. The first-order chi connectivity index (χ1) is 35.2. The fourth-order valence-corrected chi connectivity index (χ4v) is 9.54. The van der Waals surface area contributed by atoms with Crippen LogP contribution in [0.25, 0.3) is 0 Å². The second-order valence-electron chi connectivity index (χ2n) is 12.3. The minimum atomic E-state index is -1.13. The maximum Gasteiger partial charge on any atom is 0.328 e. The van der Waals surface area contributed by atoms with E-state index in [4.69, 9.17) is 31.2 Å². The molecule has 0 fully saturated rings. The molecule has 0 aromatic rings. The summed E-state index contributed by atoms with van der Waals surface area (Å²) in [5.41, 5.74) is 4.91. The van der Waals surface area contributed by atoms with Crippen LogP contribution in [-0.2, 0) is 57.5 Å². The van der Waals surface area contributed by atoms with Gasteiger partial charge in [-0.2, -0.15) is 23.2 Å². The fourth-order valence-electron chi connectivity index (χ4n) is 3.47. The van der Waals surface area contributed by atoms with Crippen molar-refractivity contribution >= 4 is 318 Å². The Balaban J connectivity index is -0.000000102. The molecule has 16 N–H and O–H groups in total. The number of carbonyl (C=O) groups is 12. The van der Waals surface area contributed by atoms with Crippen molar-refractivity contribution in [3.63, 3.8) is 0 Å². The maximum atomic E-state index is 11.2. The number of carbonyl (C=O) groups excluding carboxylic acids is 7. The Hall–Kier alpha value is 1.76. The quantitative estimate of drug-likeness (QED) is 0.0162. The van der Waals surface area contributed by atoms with Crippen LogP contribution in [-0.4, -0.2) is 189 Å². The molecule has 78 heavy (non-hydrogen) atoms. The summed E-state index contributed by atoms with van der Waals surface area (Å²) >= 11 is 19.0. The van der Waals surface area contributed by atoms with E-state index < -0.39 is 58.3 Å². The third kappa shape index (κ3) is 79.8. The van der Waals surface area contributed by atoms with Gasteiger partial charge in [0.05, 0.1) is 37.0 Å². The number of likely N-dealkylation sites (N-methyl/N-ethyl adjacent to an activating group) is 2. The van der Waals surface area contributed by atoms with Gasteiger partial charge in [0.2, 0.25) is 42.9 Å². The van der Waals surface area contributed by atoms with Crippen LogP contribution in [0, 0.1) is 0 Å². The Labute approximate surface area is 563 Å². The Kier molecular flexibility index (Phi) is 86.0. The standard InChI is InChI=1S/2C5H11BIN2O3P.2C5H10BINO3PS.C5H7NO3.C5H4O2.CH4.BH3INP.BH2IPS.H2O/c1-8-5(12)3(2-4(10)11)9-6(7)13;1-8-4(10)2-3(5(11)12)9-6(7)13;1-8-5(11)3(2-4(9)10)13-6(7)12;1-8-4(9)2-3(5(10)11)13-6(7)12;1-6-4(7)2-3-5(8)9;6-4-1-2-5(7)3-4;;2-4-1-3;2-3-1-4;/h3,9H,2,13H2,1H3,(H,8,12)(H,10,11);3,9H,2,13H2,1H3,(H,8,10)(H,11,12);3H,2,12H2,1H3,(H,8,11)(H,9,10);3H,2,12H2,1H3,(H,8,9)(H,10,11);2-3H,1H3,(H,6,7)(H,8,9);1-2H,3H2;1H4;4H,3H2;3-4H;1H2/b;;;;3-2-;;;;;. The first-order valence-electron chi connectivity index (χ1n) is 19.9. The largest absolute Gasteiger partial charge is 0.481 e. The highest BCUT2D eigenvalue weighted by atomic mass is 127. The lowest BCUT2D eigenvalue weighted by Crippen LogP contribution is -2.47. The number of rotatable bonds is 24. The van der Waals surface area contributed by atoms with Gasteiger partial charge in [0.25, 0.3) is 0 Å². The molecule has 10 unspecified atom stereocenters. The first kappa shape index (κ1) is 98.8. The number of allylic oxidation sites excluding steroid dienone is 2. The Morgan fingerprint density at radius 2 is 1.04 bits per heavy atom. The van der Waals surface area contributed by atoms with Crippen LogP contribution in [0.3, 0.4) is 0 Å². The monoisotopic (exact) mass is 1950 g/mol. The molecule has 0 aromatic carbocycles. The van der Waals surface area contributed by atoms with Crippen LogP contribution in [0.5, 0.6) is 0 Å². The molecule has 0 aromatic heterocycles. The molecule has 2 radical (unpaired) electrons. The second kappa shape index (κ2) is 67.9. The summed E-state index contributed by atoms with van der Waals surface area (Å²) in [6.45, 7) is 0. The van der Waals surface area contributed by atoms with Crippen molar-refractivity contribution in [2.45, 2.75) is 62.1 Å². The summed E-state index contributed by atoms with van der Waals surface area (Å²) in [6.07, 6.45) is 7.48. The SMILES string of the molecule is C.CNC(=O)/C=C\C(=O)O.CNC(=O)C(CC(=O)O)NB(P)I.CNC(=O)C(CC(=O)O)SB(P)I.CNC(=O)CC(NB(P)I)C(=O)O.CNC(=O)CC(SB(P)I)C(=O)O.N[B]PI.O.O=C1C=CC(=O)C1.S[B]PI. The number of carboxylic acid groups (broad SMARTS) is 5. The van der Waals surface area contributed by atoms with Gasteiger partial charge in [-0.05, 0) is 12.2 Å². The molecule has 1 aliphatic carbocycles. The highest BCUT2D eigenvalue weighted by Gasteiger charge is 2.26. The summed E-state index contributed by atoms with van der Waals surface area (Å²) in [7, 11) is 18.8. The van der Waals surface area contributed by atoms with Gasteiger partial charge in [-0.15, -0.1) is 126 Å². The predicted octanol–water partition coefficient (Wildman–Crippen LogP) is 1.38. The normalized spacial score (nSPS) is 11.7. The smallest absolute Gasteiger partial charge is 0.328 e. The first-order valence-corrected chi connectivity index (χ1v) is 38.3. The van der Waals surface area contributed by atoms with Crippen LogP contribution in [0.2, 0.25) is 0 Å². The molecule has 1 aliphatic rings. The number of hydrogen-bond donors (Lipinski definition) is 14. The zero-order valence-corrected chi connectivity index (χ0v) is 63.3. The van der Waals surface area contributed by atoms with E-state index in [1.54, 1.807) is 7.13 Å². The van der Waals surface area contributed by atoms with Gasteiger partial charge in [0.15, 0.2) is 11.6 Å². The molecule has 0 heterocycles. The van der Waals surface area contributed by atoms with E-state index in [9.17, 15) is 57.5 Å². The minimum absolute atomic E-state index is 0. The number of aliphatic carboxylic acids is 5. The van der Waals surface area contributed by atoms with E-state index in [-0.39, 0.29) is 96.2 Å². The Morgan fingerprint density at radius 1 is 0.654 bits per heavy atom. The lowest BCUT2D eigenvalue weighted by atomic mass is 10.1. The number of halogens is 6. The molecule has 10 atom stereocenters. The van der Waals surface area contributed by atoms with Crippen LogP contribution >= 0.6 is 218 Å². The van der Waals surface area contributed by atoms with Gasteiger partial charge >= 0.3 is 45.8 Å². The third-order valence-corrected chi connectivity index (χ3v) is 16.4. The molecule has 444 valence electrons. The number of hydrogen-bond acceptors (Lipinski definition) is 18. The molecule has 0 saturated carbocycles. The van der Waals surface area contributed by atoms with Gasteiger partial charge in [0.1, 0.15) is 11.3 Å². The van der Waals surface area contributed by atoms with Gasteiger partial charge in [-0.3, -0.25) is 52.7 Å². The summed E-state index contributed by atoms with van der Waals surface area (Å²) in [5, 5.41) is 58.7. The number of thiol groups is 1. The molecule has 0 saturated heterocycles. The highest BCUT2D eigenvalue weighted by Crippen LogP contribution is 2.27. The third-order valence-electron chi connectivity index (χ3n) is 6.58. The molecular formula is C31H64B6I6N8O18P6S3. The number of nitrogens with one attached hydrogen (secondary N) is 7. The number of nitrogens with two attached hydrogens (primary N) is 1. The fraction of sp³-hybridized carbons (Fsp3) is 0.484.